The van der Waals surface area contributed by atoms with Crippen LogP contribution in [-0.4, -0.2) is 38.9 Å². The van der Waals surface area contributed by atoms with Gasteiger partial charge >= 0.3 is 6.18 Å². The normalized spacial score (nSPS) is 18.2. The van der Waals surface area contributed by atoms with Crippen molar-refractivity contribution < 1.29 is 27.6 Å². The molecule has 3 heterocycles. The quantitative estimate of drug-likeness (QED) is 0.239. The first-order valence-corrected chi connectivity index (χ1v) is 11.3. The van der Waals surface area contributed by atoms with Gasteiger partial charge in [0.05, 0.1) is 11.6 Å². The van der Waals surface area contributed by atoms with Crippen molar-refractivity contribution in [3.05, 3.63) is 102 Å². The van der Waals surface area contributed by atoms with Gasteiger partial charge in [0.15, 0.2) is 5.78 Å². The van der Waals surface area contributed by atoms with Gasteiger partial charge in [0.1, 0.15) is 5.92 Å². The Morgan fingerprint density at radius 1 is 1.00 bits per heavy atom. The second-order valence-electron chi connectivity index (χ2n) is 8.62. The van der Waals surface area contributed by atoms with Crippen molar-refractivity contribution in [2.45, 2.75) is 18.6 Å². The molecule has 2 atom stereocenters. The Labute approximate surface area is 203 Å². The zero-order chi connectivity index (χ0) is 25.4. The highest BCUT2D eigenvalue weighted by atomic mass is 19.4. The molecular formula is C27H20F3N3O3. The van der Waals surface area contributed by atoms with Crippen LogP contribution in [0.1, 0.15) is 33.1 Å². The van der Waals surface area contributed by atoms with E-state index in [1.165, 1.54) is 41.6 Å². The Morgan fingerprint density at radius 3 is 2.44 bits per heavy atom. The van der Waals surface area contributed by atoms with Crippen LogP contribution in [0.5, 0.6) is 0 Å². The van der Waals surface area contributed by atoms with Crippen LogP contribution >= 0.6 is 0 Å². The molecule has 1 aliphatic rings. The van der Waals surface area contributed by atoms with E-state index in [0.29, 0.717) is 6.42 Å². The molecule has 1 aliphatic heterocycles. The maximum absolute atomic E-state index is 13.3. The van der Waals surface area contributed by atoms with E-state index in [0.717, 1.165) is 28.6 Å². The van der Waals surface area contributed by atoms with Crippen LogP contribution in [0, 0.1) is 5.92 Å². The van der Waals surface area contributed by atoms with Gasteiger partial charge in [0.2, 0.25) is 5.78 Å². The fourth-order valence-electron chi connectivity index (χ4n) is 4.74. The Kier molecular flexibility index (Phi) is 5.91. The second kappa shape index (κ2) is 9.07. The number of likely N-dealkylation sites (tertiary alicyclic amines) is 1. The predicted octanol–water partition coefficient (Wildman–Crippen LogP) is 4.78. The molecule has 0 spiro atoms. The standard InChI is InChI=1S/C27H20F3N3O3/c28-27(29,30)19-9-7-16(8-10-19)23-22(24(34)18-4-3-12-31-14-18)25(35)26(36)33(23)13-11-17-15-32-21-6-2-1-5-20(17)21/h1-10,12,14-15,22-23,32H,11,13H2. The number of benzene rings is 2. The molecule has 2 aromatic carbocycles. The number of nitrogens with zero attached hydrogens (tertiary/aromatic N) is 2. The van der Waals surface area contributed by atoms with Crippen molar-refractivity contribution >= 4 is 28.4 Å². The van der Waals surface area contributed by atoms with Crippen molar-refractivity contribution in [3.63, 3.8) is 0 Å². The fourth-order valence-corrected chi connectivity index (χ4v) is 4.74. The van der Waals surface area contributed by atoms with Crippen molar-refractivity contribution in [1.82, 2.24) is 14.9 Å². The summed E-state index contributed by atoms with van der Waals surface area (Å²) >= 11 is 0. The number of fused-ring (bicyclic) bond motifs is 1. The number of pyridine rings is 1. The number of carbonyl (C=O) groups excluding carboxylic acids is 3. The van der Waals surface area contributed by atoms with Crippen molar-refractivity contribution in [2.75, 3.05) is 6.54 Å². The topological polar surface area (TPSA) is 83.1 Å². The minimum absolute atomic E-state index is 0.106. The van der Waals surface area contributed by atoms with Gasteiger partial charge in [0.25, 0.3) is 5.91 Å². The Balaban J connectivity index is 1.52. The van der Waals surface area contributed by atoms with Gasteiger partial charge in [-0.1, -0.05) is 30.3 Å². The van der Waals surface area contributed by atoms with Crippen LogP contribution in [0.4, 0.5) is 13.2 Å². The Hall–Kier alpha value is -4.27. The van der Waals surface area contributed by atoms with E-state index < -0.39 is 41.2 Å². The van der Waals surface area contributed by atoms with Gasteiger partial charge in [-0.3, -0.25) is 19.4 Å². The van der Waals surface area contributed by atoms with Gasteiger partial charge in [0, 0.05) is 41.6 Å². The number of amides is 1. The van der Waals surface area contributed by atoms with E-state index in [9.17, 15) is 27.6 Å². The molecule has 4 aromatic rings. The number of para-hydroxylation sites is 1. The molecule has 0 saturated carbocycles. The molecule has 0 bridgehead atoms. The van der Waals surface area contributed by atoms with Crippen LogP contribution in [0.2, 0.25) is 0 Å². The number of halogens is 3. The predicted molar refractivity (Wildman–Crippen MR) is 125 cm³/mol. The van der Waals surface area contributed by atoms with E-state index in [2.05, 4.69) is 9.97 Å². The van der Waals surface area contributed by atoms with Crippen LogP contribution < -0.4 is 0 Å². The number of carbonyl (C=O) groups is 3. The van der Waals surface area contributed by atoms with Crippen LogP contribution in [-0.2, 0) is 22.2 Å². The third kappa shape index (κ3) is 4.17. The van der Waals surface area contributed by atoms with Crippen molar-refractivity contribution in [3.8, 4) is 0 Å². The highest BCUT2D eigenvalue weighted by Gasteiger charge is 2.51. The van der Waals surface area contributed by atoms with Crippen LogP contribution in [0.3, 0.4) is 0 Å². The summed E-state index contributed by atoms with van der Waals surface area (Å²) in [4.78, 5) is 47.9. The molecule has 182 valence electrons. The number of Topliss-reactive ketones (excluding diaryl/α,β-unsaturated/α-hetero) is 2. The number of H-pyrrole nitrogens is 1. The van der Waals surface area contributed by atoms with E-state index in [4.69, 9.17) is 0 Å². The third-order valence-electron chi connectivity index (χ3n) is 6.51. The molecule has 1 fully saturated rings. The lowest BCUT2D eigenvalue weighted by molar-refractivity contribution is -0.140. The third-order valence-corrected chi connectivity index (χ3v) is 6.51. The summed E-state index contributed by atoms with van der Waals surface area (Å²) in [6.45, 7) is 0.106. The first kappa shape index (κ1) is 23.5. The average molecular weight is 491 g/mol. The molecule has 6 nitrogen and oxygen atoms in total. The molecule has 2 unspecified atom stereocenters. The molecule has 1 N–H and O–H groups in total. The molecule has 2 aromatic heterocycles. The van der Waals surface area contributed by atoms with E-state index >= 15 is 0 Å². The highest BCUT2D eigenvalue weighted by Crippen LogP contribution is 2.39. The maximum Gasteiger partial charge on any atom is 0.416 e. The summed E-state index contributed by atoms with van der Waals surface area (Å²) in [5.41, 5.74) is 1.41. The number of aromatic nitrogens is 2. The zero-order valence-corrected chi connectivity index (χ0v) is 18.8. The number of ketones is 2. The largest absolute Gasteiger partial charge is 0.416 e. The summed E-state index contributed by atoms with van der Waals surface area (Å²) in [5, 5.41) is 0.963. The molecule has 36 heavy (non-hydrogen) atoms. The molecule has 1 saturated heterocycles. The van der Waals surface area contributed by atoms with Crippen molar-refractivity contribution in [1.29, 1.82) is 0 Å². The average Bonchev–Trinajstić information content (AvgIpc) is 3.41. The smallest absolute Gasteiger partial charge is 0.361 e. The summed E-state index contributed by atoms with van der Waals surface area (Å²) in [6, 6.07) is 13.9. The summed E-state index contributed by atoms with van der Waals surface area (Å²) in [6.07, 6.45) is 0.434. The Morgan fingerprint density at radius 2 is 1.75 bits per heavy atom. The Bertz CT molecular complexity index is 1450. The van der Waals surface area contributed by atoms with Gasteiger partial charge in [-0.2, -0.15) is 13.2 Å². The number of aromatic amines is 1. The van der Waals surface area contributed by atoms with Crippen molar-refractivity contribution in [2.24, 2.45) is 5.92 Å². The van der Waals surface area contributed by atoms with E-state index in [-0.39, 0.29) is 17.7 Å². The second-order valence-corrected chi connectivity index (χ2v) is 8.62. The minimum Gasteiger partial charge on any atom is -0.361 e. The first-order valence-electron chi connectivity index (χ1n) is 11.3. The van der Waals surface area contributed by atoms with Gasteiger partial charge in [-0.25, -0.2) is 0 Å². The first-order chi connectivity index (χ1) is 17.3. The number of rotatable bonds is 6. The molecule has 1 amide bonds. The summed E-state index contributed by atoms with van der Waals surface area (Å²) in [7, 11) is 0. The van der Waals surface area contributed by atoms with E-state index in [1.807, 2.05) is 30.5 Å². The molecule has 0 aliphatic carbocycles. The van der Waals surface area contributed by atoms with Gasteiger partial charge in [-0.05, 0) is 47.9 Å². The lowest BCUT2D eigenvalue weighted by Gasteiger charge is -2.27. The molecular weight excluding hydrogens is 471 g/mol. The monoisotopic (exact) mass is 491 g/mol. The molecule has 0 radical (unpaired) electrons. The molecule has 5 rings (SSSR count). The fraction of sp³-hybridized carbons (Fsp3) is 0.185. The summed E-state index contributed by atoms with van der Waals surface area (Å²) < 4.78 is 39.4. The summed E-state index contributed by atoms with van der Waals surface area (Å²) in [5.74, 6) is -3.70. The van der Waals surface area contributed by atoms with Crippen LogP contribution in [0.15, 0.2) is 79.3 Å². The van der Waals surface area contributed by atoms with Gasteiger partial charge in [-0.15, -0.1) is 0 Å². The number of hydrogen-bond acceptors (Lipinski definition) is 4. The lowest BCUT2D eigenvalue weighted by atomic mass is 9.86. The number of alkyl halides is 3. The van der Waals surface area contributed by atoms with Gasteiger partial charge < -0.3 is 9.88 Å². The minimum atomic E-state index is -4.54. The lowest BCUT2D eigenvalue weighted by Crippen LogP contribution is -2.32. The number of nitrogens with one attached hydrogen (secondary N) is 1. The SMILES string of the molecule is O=C1C(=O)N(CCc2c[nH]c3ccccc23)C(c2ccc(C(F)(F)F)cc2)C1C(=O)c1cccnc1. The van der Waals surface area contributed by atoms with E-state index in [1.54, 1.807) is 0 Å². The molecule has 9 heteroatoms. The van der Waals surface area contributed by atoms with Crippen LogP contribution in [0.25, 0.3) is 10.9 Å². The zero-order valence-electron chi connectivity index (χ0n) is 18.8. The maximum atomic E-state index is 13.3. The number of hydrogen-bond donors (Lipinski definition) is 1. The highest BCUT2D eigenvalue weighted by molar-refractivity contribution is 6.44.